The van der Waals surface area contributed by atoms with Crippen LogP contribution >= 0.6 is 11.3 Å². The molecule has 3 aromatic rings. The van der Waals surface area contributed by atoms with Crippen molar-refractivity contribution in [3.8, 4) is 22.1 Å². The van der Waals surface area contributed by atoms with Gasteiger partial charge >= 0.3 is 5.97 Å². The molecule has 0 bridgehead atoms. The van der Waals surface area contributed by atoms with Crippen molar-refractivity contribution < 1.29 is 14.6 Å². The number of hydrogen-bond acceptors (Lipinski definition) is 4. The number of aromatic carboxylic acids is 1. The predicted molar refractivity (Wildman–Crippen MR) is 104 cm³/mol. The topological polar surface area (TPSA) is 59.4 Å². The third-order valence-corrected chi connectivity index (χ3v) is 5.21. The number of carboxylic acids is 1. The van der Waals surface area contributed by atoms with Gasteiger partial charge in [0, 0.05) is 11.1 Å². The summed E-state index contributed by atoms with van der Waals surface area (Å²) in [5, 5.41) is 9.87. The Morgan fingerprint density at radius 2 is 1.73 bits per heavy atom. The Labute approximate surface area is 157 Å². The molecule has 0 radical (unpaired) electrons. The number of rotatable bonds is 4. The summed E-state index contributed by atoms with van der Waals surface area (Å²) in [5.74, 6) is 0.633. The summed E-state index contributed by atoms with van der Waals surface area (Å²) in [6.07, 6.45) is 0. The second kappa shape index (κ2) is 6.92. The summed E-state index contributed by atoms with van der Waals surface area (Å²) in [4.78, 5) is 15.8. The zero-order chi connectivity index (χ0) is 18.9. The zero-order valence-electron chi connectivity index (χ0n) is 15.2. The molecule has 0 spiro atoms. The lowest BCUT2D eigenvalue weighted by molar-refractivity contribution is 0.0701. The maximum Gasteiger partial charge on any atom is 0.347 e. The van der Waals surface area contributed by atoms with Gasteiger partial charge < -0.3 is 9.84 Å². The fraction of sp³-hybridized carbons (Fsp3) is 0.238. The third-order valence-electron chi connectivity index (χ3n) is 4.01. The highest BCUT2D eigenvalue weighted by Crippen LogP contribution is 2.35. The van der Waals surface area contributed by atoms with Gasteiger partial charge in [0.25, 0.3) is 0 Å². The van der Waals surface area contributed by atoms with Crippen LogP contribution in [0.15, 0.2) is 48.5 Å². The molecule has 134 valence electrons. The van der Waals surface area contributed by atoms with Crippen LogP contribution in [0, 0.1) is 6.92 Å². The quantitative estimate of drug-likeness (QED) is 0.623. The first-order valence-corrected chi connectivity index (χ1v) is 9.16. The van der Waals surface area contributed by atoms with Crippen LogP contribution in [0.2, 0.25) is 0 Å². The smallest absolute Gasteiger partial charge is 0.347 e. The number of benzene rings is 2. The minimum atomic E-state index is -0.940. The monoisotopic (exact) mass is 367 g/mol. The lowest BCUT2D eigenvalue weighted by Crippen LogP contribution is -2.12. The van der Waals surface area contributed by atoms with E-state index < -0.39 is 5.97 Å². The molecular formula is C21H21NO3S. The Balaban J connectivity index is 1.85. The number of carboxylic acid groups (broad SMARTS) is 1. The first-order chi connectivity index (χ1) is 12.3. The molecule has 0 amide bonds. The van der Waals surface area contributed by atoms with E-state index >= 15 is 0 Å². The summed E-state index contributed by atoms with van der Waals surface area (Å²) >= 11 is 1.18. The molecular weight excluding hydrogens is 346 g/mol. The highest BCUT2D eigenvalue weighted by atomic mass is 32.1. The van der Waals surface area contributed by atoms with Crippen LogP contribution in [0.5, 0.6) is 11.5 Å². The average molecular weight is 367 g/mol. The SMILES string of the molecule is Cc1nc(-c2ccc(Oc3ccccc3C(C)(C)C)cc2)sc1C(=O)O. The molecule has 3 rings (SSSR count). The summed E-state index contributed by atoms with van der Waals surface area (Å²) in [7, 11) is 0. The molecule has 0 aliphatic heterocycles. The van der Waals surface area contributed by atoms with Crippen molar-refractivity contribution in [1.29, 1.82) is 0 Å². The second-order valence-corrected chi connectivity index (χ2v) is 8.11. The molecule has 26 heavy (non-hydrogen) atoms. The van der Waals surface area contributed by atoms with Crippen LogP contribution in [-0.4, -0.2) is 16.1 Å². The van der Waals surface area contributed by atoms with Gasteiger partial charge in [0.05, 0.1) is 5.69 Å². The Bertz CT molecular complexity index is 937. The van der Waals surface area contributed by atoms with Gasteiger partial charge in [-0.25, -0.2) is 9.78 Å². The zero-order valence-corrected chi connectivity index (χ0v) is 16.1. The maximum absolute atomic E-state index is 11.2. The second-order valence-electron chi connectivity index (χ2n) is 7.11. The normalized spacial score (nSPS) is 11.4. The summed E-state index contributed by atoms with van der Waals surface area (Å²) in [6, 6.07) is 15.6. The molecule has 5 heteroatoms. The van der Waals surface area contributed by atoms with Crippen molar-refractivity contribution in [2.24, 2.45) is 0 Å². The lowest BCUT2D eigenvalue weighted by Gasteiger charge is -2.22. The van der Waals surface area contributed by atoms with Crippen molar-refractivity contribution in [2.75, 3.05) is 0 Å². The van der Waals surface area contributed by atoms with Gasteiger partial charge in [-0.1, -0.05) is 39.0 Å². The fourth-order valence-electron chi connectivity index (χ4n) is 2.69. The first kappa shape index (κ1) is 18.1. The molecule has 0 aliphatic rings. The fourth-order valence-corrected chi connectivity index (χ4v) is 3.60. The van der Waals surface area contributed by atoms with Crippen LogP contribution in [0.4, 0.5) is 0 Å². The van der Waals surface area contributed by atoms with E-state index in [4.69, 9.17) is 4.74 Å². The highest BCUT2D eigenvalue weighted by molar-refractivity contribution is 7.17. The van der Waals surface area contributed by atoms with Crippen LogP contribution < -0.4 is 4.74 Å². The van der Waals surface area contributed by atoms with Crippen molar-refractivity contribution in [3.05, 3.63) is 64.7 Å². The van der Waals surface area contributed by atoms with E-state index in [2.05, 4.69) is 31.8 Å². The molecule has 0 saturated heterocycles. The molecule has 2 aromatic carbocycles. The molecule has 1 N–H and O–H groups in total. The first-order valence-electron chi connectivity index (χ1n) is 8.34. The number of hydrogen-bond donors (Lipinski definition) is 1. The van der Waals surface area contributed by atoms with Crippen molar-refractivity contribution in [1.82, 2.24) is 4.98 Å². The Kier molecular flexibility index (Phi) is 4.83. The summed E-state index contributed by atoms with van der Waals surface area (Å²) in [5.41, 5.74) is 2.55. The van der Waals surface area contributed by atoms with Crippen LogP contribution in [-0.2, 0) is 5.41 Å². The van der Waals surface area contributed by atoms with Gasteiger partial charge in [0.2, 0.25) is 0 Å². The Hall–Kier alpha value is -2.66. The van der Waals surface area contributed by atoms with E-state index in [0.29, 0.717) is 10.7 Å². The lowest BCUT2D eigenvalue weighted by atomic mass is 9.86. The van der Waals surface area contributed by atoms with Gasteiger partial charge in [0.15, 0.2) is 0 Å². The van der Waals surface area contributed by atoms with E-state index in [0.717, 1.165) is 22.6 Å². The van der Waals surface area contributed by atoms with E-state index in [-0.39, 0.29) is 10.3 Å². The van der Waals surface area contributed by atoms with Crippen molar-refractivity contribution >= 4 is 17.3 Å². The molecule has 4 nitrogen and oxygen atoms in total. The van der Waals surface area contributed by atoms with E-state index in [1.807, 2.05) is 42.5 Å². The van der Waals surface area contributed by atoms with Gasteiger partial charge in [0.1, 0.15) is 21.4 Å². The molecule has 0 fully saturated rings. The van der Waals surface area contributed by atoms with Gasteiger partial charge in [-0.15, -0.1) is 11.3 Å². The molecule has 0 aliphatic carbocycles. The number of ether oxygens (including phenoxy) is 1. The van der Waals surface area contributed by atoms with Crippen molar-refractivity contribution in [2.45, 2.75) is 33.1 Å². The molecule has 0 unspecified atom stereocenters. The van der Waals surface area contributed by atoms with Gasteiger partial charge in [-0.05, 0) is 42.7 Å². The number of aromatic nitrogens is 1. The minimum Gasteiger partial charge on any atom is -0.477 e. The van der Waals surface area contributed by atoms with Gasteiger partial charge in [-0.3, -0.25) is 0 Å². The predicted octanol–water partition coefficient (Wildman–Crippen LogP) is 5.91. The standard InChI is InChI=1S/C21H21NO3S/c1-13-18(20(23)24)26-19(22-13)14-9-11-15(12-10-14)25-17-8-6-5-7-16(17)21(2,3)4/h5-12H,1-4H3,(H,23,24). The minimum absolute atomic E-state index is 0.0117. The van der Waals surface area contributed by atoms with Crippen molar-refractivity contribution in [3.63, 3.8) is 0 Å². The van der Waals surface area contributed by atoms with Gasteiger partial charge in [-0.2, -0.15) is 0 Å². The maximum atomic E-state index is 11.2. The van der Waals surface area contributed by atoms with E-state index in [9.17, 15) is 9.90 Å². The highest BCUT2D eigenvalue weighted by Gasteiger charge is 2.19. The molecule has 1 aromatic heterocycles. The Morgan fingerprint density at radius 1 is 1.08 bits per heavy atom. The number of thiazole rings is 1. The largest absolute Gasteiger partial charge is 0.477 e. The average Bonchev–Trinajstić information content (AvgIpc) is 2.97. The van der Waals surface area contributed by atoms with E-state index in [1.165, 1.54) is 11.3 Å². The van der Waals surface area contributed by atoms with Crippen LogP contribution in [0.1, 0.15) is 41.7 Å². The van der Waals surface area contributed by atoms with Crippen LogP contribution in [0.25, 0.3) is 10.6 Å². The molecule has 0 atom stereocenters. The third kappa shape index (κ3) is 3.78. The number of nitrogens with zero attached hydrogens (tertiary/aromatic N) is 1. The summed E-state index contributed by atoms with van der Waals surface area (Å²) < 4.78 is 6.08. The van der Waals surface area contributed by atoms with E-state index in [1.54, 1.807) is 6.92 Å². The van der Waals surface area contributed by atoms with Crippen LogP contribution in [0.3, 0.4) is 0 Å². The summed E-state index contributed by atoms with van der Waals surface area (Å²) in [6.45, 7) is 8.18. The number of para-hydroxylation sites is 1. The number of carbonyl (C=O) groups is 1. The number of aryl methyl sites for hydroxylation is 1. The Morgan fingerprint density at radius 3 is 2.31 bits per heavy atom. The molecule has 1 heterocycles. The molecule has 0 saturated carbocycles.